The standard InChI is InChI=1S/C17H33N3O3/c1-16(2)15-23-17(21)11-7-6-10-14-22-13-9-5-3-4-8-12-19-20-18/h16H,3-15H2,1-2H3. The van der Waals surface area contributed by atoms with Crippen LogP contribution in [0.3, 0.4) is 0 Å². The minimum Gasteiger partial charge on any atom is -0.465 e. The molecule has 0 aromatic carbocycles. The number of rotatable bonds is 16. The molecule has 0 rings (SSSR count). The van der Waals surface area contributed by atoms with Crippen molar-refractivity contribution >= 4 is 5.97 Å². The summed E-state index contributed by atoms with van der Waals surface area (Å²) < 4.78 is 10.7. The molecule has 134 valence electrons. The van der Waals surface area contributed by atoms with Crippen LogP contribution >= 0.6 is 0 Å². The molecule has 0 aliphatic heterocycles. The highest BCUT2D eigenvalue weighted by Crippen LogP contribution is 2.05. The van der Waals surface area contributed by atoms with E-state index in [2.05, 4.69) is 10.0 Å². The van der Waals surface area contributed by atoms with Crippen molar-refractivity contribution < 1.29 is 14.3 Å². The van der Waals surface area contributed by atoms with Crippen LogP contribution in [0.5, 0.6) is 0 Å². The van der Waals surface area contributed by atoms with Crippen LogP contribution in [0.15, 0.2) is 5.11 Å². The molecular weight excluding hydrogens is 294 g/mol. The fourth-order valence-electron chi connectivity index (χ4n) is 2.05. The highest BCUT2D eigenvalue weighted by atomic mass is 16.5. The first-order valence-corrected chi connectivity index (χ1v) is 8.91. The van der Waals surface area contributed by atoms with Crippen molar-refractivity contribution in [1.82, 2.24) is 0 Å². The van der Waals surface area contributed by atoms with Gasteiger partial charge in [-0.05, 0) is 37.1 Å². The Morgan fingerprint density at radius 1 is 1.00 bits per heavy atom. The summed E-state index contributed by atoms with van der Waals surface area (Å²) in [5.41, 5.74) is 8.13. The maximum absolute atomic E-state index is 11.4. The third-order valence-electron chi connectivity index (χ3n) is 3.36. The molecule has 0 amide bonds. The van der Waals surface area contributed by atoms with Crippen LogP contribution in [0.25, 0.3) is 10.4 Å². The van der Waals surface area contributed by atoms with E-state index < -0.39 is 0 Å². The number of azide groups is 1. The number of unbranched alkanes of at least 4 members (excludes halogenated alkanes) is 6. The van der Waals surface area contributed by atoms with Crippen molar-refractivity contribution in [3.05, 3.63) is 10.4 Å². The van der Waals surface area contributed by atoms with Gasteiger partial charge in [0, 0.05) is 31.1 Å². The Morgan fingerprint density at radius 3 is 2.26 bits per heavy atom. The van der Waals surface area contributed by atoms with Crippen molar-refractivity contribution in [2.45, 2.75) is 71.6 Å². The average molecular weight is 327 g/mol. The van der Waals surface area contributed by atoms with E-state index in [0.29, 0.717) is 25.5 Å². The fourth-order valence-corrected chi connectivity index (χ4v) is 2.05. The molecule has 0 aromatic rings. The van der Waals surface area contributed by atoms with E-state index in [0.717, 1.165) is 58.2 Å². The van der Waals surface area contributed by atoms with E-state index in [9.17, 15) is 4.79 Å². The Balaban J connectivity index is 3.13. The minimum absolute atomic E-state index is 0.0833. The summed E-state index contributed by atoms with van der Waals surface area (Å²) in [5, 5.41) is 3.51. The molecule has 0 saturated carbocycles. The lowest BCUT2D eigenvalue weighted by molar-refractivity contribution is -0.144. The van der Waals surface area contributed by atoms with Crippen molar-refractivity contribution in [1.29, 1.82) is 0 Å². The summed E-state index contributed by atoms with van der Waals surface area (Å²) in [5.74, 6) is 0.318. The summed E-state index contributed by atoms with van der Waals surface area (Å²) in [7, 11) is 0. The van der Waals surface area contributed by atoms with E-state index in [1.807, 2.05) is 13.8 Å². The van der Waals surface area contributed by atoms with Gasteiger partial charge >= 0.3 is 5.97 Å². The Labute approximate surface area is 140 Å². The van der Waals surface area contributed by atoms with Gasteiger partial charge in [-0.3, -0.25) is 4.79 Å². The molecule has 0 aromatic heterocycles. The van der Waals surface area contributed by atoms with Crippen LogP contribution in [0.2, 0.25) is 0 Å². The molecular formula is C17H33N3O3. The van der Waals surface area contributed by atoms with Crippen LogP contribution in [0.4, 0.5) is 0 Å². The third-order valence-corrected chi connectivity index (χ3v) is 3.36. The topological polar surface area (TPSA) is 84.3 Å². The second-order valence-electron chi connectivity index (χ2n) is 6.22. The van der Waals surface area contributed by atoms with Crippen LogP contribution in [-0.2, 0) is 14.3 Å². The Bertz CT molecular complexity index is 329. The first-order valence-electron chi connectivity index (χ1n) is 8.91. The van der Waals surface area contributed by atoms with E-state index in [1.54, 1.807) is 0 Å². The predicted octanol–water partition coefficient (Wildman–Crippen LogP) is 5.02. The molecule has 0 unspecified atom stereocenters. The highest BCUT2D eigenvalue weighted by molar-refractivity contribution is 5.69. The van der Waals surface area contributed by atoms with Gasteiger partial charge in [-0.15, -0.1) is 0 Å². The number of carbonyl (C=O) groups excluding carboxylic acids is 1. The zero-order valence-corrected chi connectivity index (χ0v) is 14.8. The van der Waals surface area contributed by atoms with Crippen LogP contribution in [0, 0.1) is 5.92 Å². The maximum Gasteiger partial charge on any atom is 0.305 e. The number of hydrogen-bond acceptors (Lipinski definition) is 4. The molecule has 23 heavy (non-hydrogen) atoms. The third kappa shape index (κ3) is 18.7. The summed E-state index contributed by atoms with van der Waals surface area (Å²) in [4.78, 5) is 14.1. The number of esters is 1. The molecule has 0 radical (unpaired) electrons. The number of nitrogens with zero attached hydrogens (tertiary/aromatic N) is 3. The molecule has 0 aliphatic rings. The molecule has 6 heteroatoms. The smallest absolute Gasteiger partial charge is 0.305 e. The first kappa shape index (κ1) is 21.7. The number of carbonyl (C=O) groups is 1. The van der Waals surface area contributed by atoms with E-state index >= 15 is 0 Å². The minimum atomic E-state index is -0.0833. The first-order chi connectivity index (χ1) is 11.2. The monoisotopic (exact) mass is 327 g/mol. The Morgan fingerprint density at radius 2 is 1.61 bits per heavy atom. The van der Waals surface area contributed by atoms with Crippen molar-refractivity contribution in [3.8, 4) is 0 Å². The number of ether oxygens (including phenoxy) is 2. The summed E-state index contributed by atoms with van der Waals surface area (Å²) in [6.07, 6.45) is 8.92. The average Bonchev–Trinajstić information content (AvgIpc) is 2.53. The Hall–Kier alpha value is -1.26. The Kier molecular flexibility index (Phi) is 16.2. The van der Waals surface area contributed by atoms with Crippen molar-refractivity contribution in [3.63, 3.8) is 0 Å². The summed E-state index contributed by atoms with van der Waals surface area (Å²) >= 11 is 0. The lowest BCUT2D eigenvalue weighted by Gasteiger charge is -2.07. The second-order valence-corrected chi connectivity index (χ2v) is 6.22. The fraction of sp³-hybridized carbons (Fsp3) is 0.941. The molecule has 0 spiro atoms. The lowest BCUT2D eigenvalue weighted by atomic mass is 10.1. The van der Waals surface area contributed by atoms with E-state index in [4.69, 9.17) is 15.0 Å². The quantitative estimate of drug-likeness (QED) is 0.131. The van der Waals surface area contributed by atoms with Gasteiger partial charge in [-0.25, -0.2) is 0 Å². The van der Waals surface area contributed by atoms with Gasteiger partial charge in [0.05, 0.1) is 6.61 Å². The van der Waals surface area contributed by atoms with Gasteiger partial charge in [0.25, 0.3) is 0 Å². The van der Waals surface area contributed by atoms with Crippen molar-refractivity contribution in [2.75, 3.05) is 26.4 Å². The summed E-state index contributed by atoms with van der Waals surface area (Å²) in [6.45, 7) is 6.79. The second kappa shape index (κ2) is 17.1. The van der Waals surface area contributed by atoms with Gasteiger partial charge in [-0.1, -0.05) is 44.6 Å². The zero-order chi connectivity index (χ0) is 17.2. The van der Waals surface area contributed by atoms with E-state index in [-0.39, 0.29) is 5.97 Å². The normalized spacial score (nSPS) is 10.6. The molecule has 0 saturated heterocycles. The highest BCUT2D eigenvalue weighted by Gasteiger charge is 2.03. The van der Waals surface area contributed by atoms with Crippen LogP contribution in [0.1, 0.15) is 71.6 Å². The largest absolute Gasteiger partial charge is 0.465 e. The molecule has 0 heterocycles. The summed E-state index contributed by atoms with van der Waals surface area (Å²) in [6, 6.07) is 0. The lowest BCUT2D eigenvalue weighted by Crippen LogP contribution is -2.09. The molecule has 6 nitrogen and oxygen atoms in total. The van der Waals surface area contributed by atoms with Gasteiger partial charge in [-0.2, -0.15) is 0 Å². The van der Waals surface area contributed by atoms with Gasteiger partial charge in [0.2, 0.25) is 0 Å². The van der Waals surface area contributed by atoms with Crippen LogP contribution in [-0.4, -0.2) is 32.3 Å². The zero-order valence-electron chi connectivity index (χ0n) is 14.8. The molecule has 0 N–H and O–H groups in total. The van der Waals surface area contributed by atoms with Crippen molar-refractivity contribution in [2.24, 2.45) is 11.0 Å². The molecule has 0 atom stereocenters. The molecule has 0 bridgehead atoms. The number of hydrogen-bond donors (Lipinski definition) is 0. The van der Waals surface area contributed by atoms with Crippen LogP contribution < -0.4 is 0 Å². The molecule has 0 fully saturated rings. The van der Waals surface area contributed by atoms with Gasteiger partial charge < -0.3 is 9.47 Å². The predicted molar refractivity (Wildman–Crippen MR) is 92.2 cm³/mol. The van der Waals surface area contributed by atoms with E-state index in [1.165, 1.54) is 6.42 Å². The van der Waals surface area contributed by atoms with Gasteiger partial charge in [0.1, 0.15) is 0 Å². The van der Waals surface area contributed by atoms with Gasteiger partial charge in [0.15, 0.2) is 0 Å². The SMILES string of the molecule is CC(C)COC(=O)CCCCCOCCCCCCCN=[N+]=[N-]. The maximum atomic E-state index is 11.4. The molecule has 0 aliphatic carbocycles.